The van der Waals surface area contributed by atoms with Gasteiger partial charge in [0.25, 0.3) is 0 Å². The van der Waals surface area contributed by atoms with E-state index in [1.54, 1.807) is 6.08 Å². The second kappa shape index (κ2) is 43.1. The number of nitrogens with one attached hydrogen (secondary N) is 1. The average Bonchev–Trinajstić information content (AvgIpc) is 3.27. The molecule has 0 aromatic rings. The van der Waals surface area contributed by atoms with Crippen molar-refractivity contribution in [1.82, 2.24) is 5.32 Å². The van der Waals surface area contributed by atoms with Crippen molar-refractivity contribution in [3.05, 3.63) is 48.6 Å². The van der Waals surface area contributed by atoms with E-state index >= 15 is 0 Å². The average molecular weight is 876 g/mol. The van der Waals surface area contributed by atoms with Crippen molar-refractivity contribution in [2.45, 2.75) is 269 Å². The minimum atomic E-state index is -1.57. The fourth-order valence-electron chi connectivity index (χ4n) is 7.95. The number of allylic oxidation sites excluding steroid dienone is 7. The summed E-state index contributed by atoms with van der Waals surface area (Å²) in [7, 11) is 0. The second-order valence-corrected chi connectivity index (χ2v) is 17.9. The summed E-state index contributed by atoms with van der Waals surface area (Å²) in [5.41, 5.74) is 0. The minimum Gasteiger partial charge on any atom is -0.394 e. The largest absolute Gasteiger partial charge is 0.394 e. The molecule has 0 spiro atoms. The Balaban J connectivity index is 2.34. The zero-order valence-electron chi connectivity index (χ0n) is 39.9. The number of unbranched alkanes of at least 4 members (excludes halogenated alkanes) is 27. The van der Waals surface area contributed by atoms with Crippen LogP contribution in [0.25, 0.3) is 0 Å². The van der Waals surface area contributed by atoms with E-state index in [9.17, 15) is 30.3 Å². The van der Waals surface area contributed by atoms with E-state index in [0.29, 0.717) is 6.42 Å². The van der Waals surface area contributed by atoms with Gasteiger partial charge in [-0.05, 0) is 70.6 Å². The van der Waals surface area contributed by atoms with Crippen molar-refractivity contribution in [2.24, 2.45) is 0 Å². The number of ether oxygens (including phenoxy) is 2. The summed E-state index contributed by atoms with van der Waals surface area (Å²) in [5, 5.41) is 54.3. The highest BCUT2D eigenvalue weighted by Gasteiger charge is 2.44. The van der Waals surface area contributed by atoms with E-state index in [4.69, 9.17) is 9.47 Å². The van der Waals surface area contributed by atoms with Crippen molar-refractivity contribution in [2.75, 3.05) is 13.2 Å². The first-order chi connectivity index (χ1) is 30.3. The number of carbonyl (C=O) groups excluding carboxylic acids is 1. The van der Waals surface area contributed by atoms with Crippen LogP contribution in [-0.4, -0.2) is 87.5 Å². The van der Waals surface area contributed by atoms with Gasteiger partial charge in [-0.1, -0.05) is 197 Å². The van der Waals surface area contributed by atoms with Crippen LogP contribution in [-0.2, 0) is 14.3 Å². The number of amides is 1. The Labute approximate surface area is 380 Å². The summed E-state index contributed by atoms with van der Waals surface area (Å²) in [6.07, 6.45) is 48.7. The van der Waals surface area contributed by atoms with Crippen LogP contribution in [0.1, 0.15) is 226 Å². The molecular weight excluding hydrogens is 779 g/mol. The van der Waals surface area contributed by atoms with Crippen LogP contribution in [0.4, 0.5) is 0 Å². The predicted molar refractivity (Wildman–Crippen MR) is 258 cm³/mol. The first-order valence-electron chi connectivity index (χ1n) is 25.9. The third kappa shape index (κ3) is 32.8. The van der Waals surface area contributed by atoms with E-state index in [2.05, 4.69) is 55.6 Å². The van der Waals surface area contributed by atoms with Gasteiger partial charge in [-0.3, -0.25) is 4.79 Å². The van der Waals surface area contributed by atoms with Crippen molar-refractivity contribution in [3.63, 3.8) is 0 Å². The SMILES string of the molecule is CCCCCCCC/C=C\CCCCCCCCCCCC(=O)NC(COC1OC(CO)C(O)C(O)C1O)C(O)/C=C/CC/C=C/CC/C=C/CCCCCCCCCCCC. The molecule has 0 aromatic heterocycles. The molecule has 0 aliphatic carbocycles. The number of hydrogen-bond donors (Lipinski definition) is 6. The van der Waals surface area contributed by atoms with Crippen LogP contribution < -0.4 is 5.32 Å². The summed E-state index contributed by atoms with van der Waals surface area (Å²) in [6, 6.07) is -0.829. The van der Waals surface area contributed by atoms with E-state index < -0.39 is 49.5 Å². The van der Waals surface area contributed by atoms with Gasteiger partial charge in [0.2, 0.25) is 5.91 Å². The van der Waals surface area contributed by atoms with Gasteiger partial charge in [-0.25, -0.2) is 0 Å². The lowest BCUT2D eigenvalue weighted by Gasteiger charge is -2.40. The van der Waals surface area contributed by atoms with Gasteiger partial charge in [-0.2, -0.15) is 0 Å². The van der Waals surface area contributed by atoms with Gasteiger partial charge < -0.3 is 40.3 Å². The molecule has 0 radical (unpaired) electrons. The van der Waals surface area contributed by atoms with E-state index in [0.717, 1.165) is 44.9 Å². The number of hydrogen-bond acceptors (Lipinski definition) is 8. The van der Waals surface area contributed by atoms with Crippen LogP contribution in [0.3, 0.4) is 0 Å². The highest BCUT2D eigenvalue weighted by Crippen LogP contribution is 2.23. The third-order valence-electron chi connectivity index (χ3n) is 12.1. The lowest BCUT2D eigenvalue weighted by molar-refractivity contribution is -0.302. The molecule has 0 aromatic carbocycles. The monoisotopic (exact) mass is 876 g/mol. The van der Waals surface area contributed by atoms with Gasteiger partial charge in [0.15, 0.2) is 6.29 Å². The molecule has 1 saturated heterocycles. The molecule has 7 unspecified atom stereocenters. The minimum absolute atomic E-state index is 0.193. The number of aliphatic hydroxyl groups is 5. The molecule has 0 bridgehead atoms. The zero-order chi connectivity index (χ0) is 45.1. The summed E-state index contributed by atoms with van der Waals surface area (Å²) in [4.78, 5) is 13.0. The normalized spacial score (nSPS) is 20.7. The quantitative estimate of drug-likeness (QED) is 0.0262. The van der Waals surface area contributed by atoms with E-state index in [-0.39, 0.29) is 12.5 Å². The molecular formula is C53H97NO8. The molecule has 62 heavy (non-hydrogen) atoms. The summed E-state index contributed by atoms with van der Waals surface area (Å²) < 4.78 is 11.2. The standard InChI is InChI=1S/C53H97NO8/c1-3-5-7-9-11-13-15-17-19-21-23-25-26-28-30-32-34-36-38-40-42-47(56)46(45-61-53-52(60)51(59)50(58)48(44-55)62-53)54-49(57)43-41-39-37-35-33-31-29-27-24-22-20-18-16-14-12-10-8-6-4-2/h18,20,25-26,32,34,40,42,46-48,50-53,55-56,58-60H,3-17,19,21-24,27-31,33,35-39,41,43-45H2,1-2H3,(H,54,57)/b20-18-,26-25+,34-32+,42-40+. The Morgan fingerprint density at radius 1 is 0.532 bits per heavy atom. The topological polar surface area (TPSA) is 149 Å². The van der Waals surface area contributed by atoms with E-state index in [1.165, 1.54) is 161 Å². The zero-order valence-corrected chi connectivity index (χ0v) is 39.9. The third-order valence-corrected chi connectivity index (χ3v) is 12.1. The number of carbonyl (C=O) groups is 1. The Bertz CT molecular complexity index is 1110. The maximum Gasteiger partial charge on any atom is 0.220 e. The van der Waals surface area contributed by atoms with Crippen molar-refractivity contribution in [3.8, 4) is 0 Å². The predicted octanol–water partition coefficient (Wildman–Crippen LogP) is 11.8. The highest BCUT2D eigenvalue weighted by molar-refractivity contribution is 5.76. The molecule has 7 atom stereocenters. The van der Waals surface area contributed by atoms with Gasteiger partial charge in [0, 0.05) is 6.42 Å². The Morgan fingerprint density at radius 2 is 0.919 bits per heavy atom. The van der Waals surface area contributed by atoms with Crippen LogP contribution in [0.2, 0.25) is 0 Å². The number of rotatable bonds is 43. The molecule has 362 valence electrons. The molecule has 9 nitrogen and oxygen atoms in total. The molecule has 1 aliphatic rings. The molecule has 0 saturated carbocycles. The Kier molecular flexibility index (Phi) is 40.4. The van der Waals surface area contributed by atoms with Crippen LogP contribution >= 0.6 is 0 Å². The van der Waals surface area contributed by atoms with Gasteiger partial charge >= 0.3 is 0 Å². The summed E-state index contributed by atoms with van der Waals surface area (Å²) in [5.74, 6) is -0.193. The van der Waals surface area contributed by atoms with Gasteiger partial charge in [-0.15, -0.1) is 0 Å². The lowest BCUT2D eigenvalue weighted by atomic mass is 9.99. The smallest absolute Gasteiger partial charge is 0.220 e. The van der Waals surface area contributed by atoms with Gasteiger partial charge in [0.05, 0.1) is 25.4 Å². The Hall–Kier alpha value is -1.85. The molecule has 1 rings (SSSR count). The van der Waals surface area contributed by atoms with Crippen LogP contribution in [0, 0.1) is 0 Å². The van der Waals surface area contributed by atoms with Crippen molar-refractivity contribution < 1.29 is 39.8 Å². The van der Waals surface area contributed by atoms with Crippen LogP contribution in [0.5, 0.6) is 0 Å². The van der Waals surface area contributed by atoms with Crippen molar-refractivity contribution in [1.29, 1.82) is 0 Å². The second-order valence-electron chi connectivity index (χ2n) is 17.9. The summed E-state index contributed by atoms with van der Waals surface area (Å²) >= 11 is 0. The molecule has 1 fully saturated rings. The van der Waals surface area contributed by atoms with Gasteiger partial charge in [0.1, 0.15) is 24.4 Å². The maximum absolute atomic E-state index is 13.0. The van der Waals surface area contributed by atoms with Crippen molar-refractivity contribution >= 4 is 5.91 Å². The highest BCUT2D eigenvalue weighted by atomic mass is 16.7. The van der Waals surface area contributed by atoms with E-state index in [1.807, 2.05) is 6.08 Å². The fraction of sp³-hybridized carbons (Fsp3) is 0.830. The Morgan fingerprint density at radius 3 is 1.35 bits per heavy atom. The molecule has 1 aliphatic heterocycles. The van der Waals surface area contributed by atoms with Crippen LogP contribution in [0.15, 0.2) is 48.6 Å². The molecule has 9 heteroatoms. The summed E-state index contributed by atoms with van der Waals surface area (Å²) in [6.45, 7) is 3.76. The molecule has 1 amide bonds. The fourth-order valence-corrected chi connectivity index (χ4v) is 7.95. The molecule has 1 heterocycles. The number of aliphatic hydroxyl groups excluding tert-OH is 5. The molecule has 6 N–H and O–H groups in total. The first-order valence-corrected chi connectivity index (χ1v) is 25.9. The maximum atomic E-state index is 13.0. The first kappa shape index (κ1) is 58.2. The lowest BCUT2D eigenvalue weighted by Crippen LogP contribution is -2.60.